The third-order valence-electron chi connectivity index (χ3n) is 3.71. The minimum atomic E-state index is -0.164. The predicted molar refractivity (Wildman–Crippen MR) is 82.8 cm³/mol. The summed E-state index contributed by atoms with van der Waals surface area (Å²) in [5.41, 5.74) is 0.734. The summed E-state index contributed by atoms with van der Waals surface area (Å²) in [5.74, 6) is 0.671. The monoisotopic (exact) mass is 320 g/mol. The first-order valence-electron chi connectivity index (χ1n) is 7.20. The van der Waals surface area contributed by atoms with E-state index < -0.39 is 0 Å². The van der Waals surface area contributed by atoms with Crippen molar-refractivity contribution >= 4 is 17.7 Å². The largest absolute Gasteiger partial charge is 0.340 e. The van der Waals surface area contributed by atoms with Gasteiger partial charge in [-0.25, -0.2) is 14.1 Å². The molecule has 2 heterocycles. The summed E-state index contributed by atoms with van der Waals surface area (Å²) in [6.07, 6.45) is 3.71. The number of hydrogen-bond acceptors (Lipinski definition) is 4. The molecular weight excluding hydrogens is 303 g/mol. The number of benzene rings is 1. The van der Waals surface area contributed by atoms with Crippen LogP contribution in [-0.2, 0) is 11.3 Å². The van der Waals surface area contributed by atoms with E-state index in [-0.39, 0.29) is 23.5 Å². The summed E-state index contributed by atoms with van der Waals surface area (Å²) in [7, 11) is 0. The number of carbonyl (C=O) groups excluding carboxylic acids is 1. The smallest absolute Gasteiger partial charge is 0.244 e. The van der Waals surface area contributed by atoms with Crippen LogP contribution in [0.4, 0.5) is 4.39 Å². The highest BCUT2D eigenvalue weighted by molar-refractivity contribution is 7.99. The van der Waals surface area contributed by atoms with Crippen molar-refractivity contribution in [3.8, 4) is 0 Å². The summed E-state index contributed by atoms with van der Waals surface area (Å²) in [6, 6.07) is 6.89. The molecule has 1 atom stereocenters. The molecule has 1 aliphatic rings. The maximum Gasteiger partial charge on any atom is 0.244 e. The van der Waals surface area contributed by atoms with Crippen molar-refractivity contribution in [2.75, 3.05) is 18.8 Å². The molecule has 116 valence electrons. The average molecular weight is 320 g/mol. The summed E-state index contributed by atoms with van der Waals surface area (Å²) in [4.78, 5) is 17.9. The molecule has 0 unspecified atom stereocenters. The van der Waals surface area contributed by atoms with Gasteiger partial charge in [-0.15, -0.1) is 0 Å². The molecule has 1 fully saturated rings. The maximum absolute atomic E-state index is 13.9. The van der Waals surface area contributed by atoms with Crippen LogP contribution in [-0.4, -0.2) is 44.4 Å². The number of nitrogens with zero attached hydrogens (tertiary/aromatic N) is 4. The molecule has 0 N–H and O–H groups in total. The zero-order chi connectivity index (χ0) is 15.4. The molecule has 2 aromatic rings. The molecule has 1 saturated heterocycles. The first kappa shape index (κ1) is 15.0. The quantitative estimate of drug-likeness (QED) is 0.869. The topological polar surface area (TPSA) is 51.0 Å². The molecule has 1 aliphatic heterocycles. The highest BCUT2D eigenvalue weighted by Crippen LogP contribution is 2.35. The number of hydrogen-bond donors (Lipinski definition) is 0. The van der Waals surface area contributed by atoms with Crippen LogP contribution in [0.5, 0.6) is 0 Å². The van der Waals surface area contributed by atoms with Crippen molar-refractivity contribution in [1.29, 1.82) is 0 Å². The number of thioether (sulfide) groups is 1. The van der Waals surface area contributed by atoms with Gasteiger partial charge in [0.1, 0.15) is 25.0 Å². The first-order chi connectivity index (χ1) is 10.7. The molecule has 0 aliphatic carbocycles. The van der Waals surface area contributed by atoms with E-state index in [1.165, 1.54) is 23.4 Å². The second kappa shape index (κ2) is 6.91. The fraction of sp³-hybridized carbons (Fsp3) is 0.400. The zero-order valence-electron chi connectivity index (χ0n) is 12.1. The lowest BCUT2D eigenvalue weighted by Gasteiger charge is -2.20. The van der Waals surface area contributed by atoms with Gasteiger partial charge < -0.3 is 4.90 Å². The summed E-state index contributed by atoms with van der Waals surface area (Å²) in [5, 5.41) is 4.05. The Kier molecular flexibility index (Phi) is 4.72. The molecule has 22 heavy (non-hydrogen) atoms. The normalized spacial score (nSPS) is 19.0. The molecule has 0 saturated carbocycles. The zero-order valence-corrected chi connectivity index (χ0v) is 12.9. The van der Waals surface area contributed by atoms with E-state index in [4.69, 9.17) is 0 Å². The van der Waals surface area contributed by atoms with E-state index in [9.17, 15) is 9.18 Å². The van der Waals surface area contributed by atoms with Crippen molar-refractivity contribution < 1.29 is 9.18 Å². The van der Waals surface area contributed by atoms with Crippen LogP contribution in [0.2, 0.25) is 0 Å². The SMILES string of the molecule is O=C(Cn1cncn1)N1CCS[C@H](c2ccccc2F)CC1. The Hall–Kier alpha value is -1.89. The fourth-order valence-electron chi connectivity index (χ4n) is 2.56. The highest BCUT2D eigenvalue weighted by atomic mass is 32.2. The molecule has 1 aromatic heterocycles. The molecule has 1 amide bonds. The third-order valence-corrected chi connectivity index (χ3v) is 5.02. The van der Waals surface area contributed by atoms with Gasteiger partial charge in [0.2, 0.25) is 5.91 Å². The third kappa shape index (κ3) is 3.47. The Morgan fingerprint density at radius 2 is 2.23 bits per heavy atom. The Morgan fingerprint density at radius 1 is 1.36 bits per heavy atom. The van der Waals surface area contributed by atoms with Crippen molar-refractivity contribution in [3.05, 3.63) is 48.3 Å². The molecule has 3 rings (SSSR count). The minimum absolute atomic E-state index is 0.0280. The fourth-order valence-corrected chi connectivity index (χ4v) is 3.81. The van der Waals surface area contributed by atoms with Gasteiger partial charge in [0.25, 0.3) is 0 Å². The van der Waals surface area contributed by atoms with E-state index in [2.05, 4.69) is 10.1 Å². The molecule has 5 nitrogen and oxygen atoms in total. The summed E-state index contributed by atoms with van der Waals surface area (Å²) in [6.45, 7) is 1.53. The summed E-state index contributed by atoms with van der Waals surface area (Å²) < 4.78 is 15.4. The second-order valence-corrected chi connectivity index (χ2v) is 6.45. The van der Waals surface area contributed by atoms with E-state index in [0.717, 1.165) is 17.7 Å². The van der Waals surface area contributed by atoms with Gasteiger partial charge in [0.15, 0.2) is 0 Å². The highest BCUT2D eigenvalue weighted by Gasteiger charge is 2.23. The minimum Gasteiger partial charge on any atom is -0.340 e. The van der Waals surface area contributed by atoms with Gasteiger partial charge in [-0.3, -0.25) is 4.79 Å². The van der Waals surface area contributed by atoms with Crippen LogP contribution in [0, 0.1) is 5.82 Å². The lowest BCUT2D eigenvalue weighted by atomic mass is 10.1. The van der Waals surface area contributed by atoms with Crippen LogP contribution in [0.1, 0.15) is 17.2 Å². The van der Waals surface area contributed by atoms with Gasteiger partial charge in [-0.2, -0.15) is 16.9 Å². The van der Waals surface area contributed by atoms with Crippen molar-refractivity contribution in [1.82, 2.24) is 19.7 Å². The number of halogens is 1. The lowest BCUT2D eigenvalue weighted by molar-refractivity contribution is -0.131. The van der Waals surface area contributed by atoms with Crippen LogP contribution >= 0.6 is 11.8 Å². The molecule has 0 radical (unpaired) electrons. The van der Waals surface area contributed by atoms with Gasteiger partial charge in [0, 0.05) is 29.7 Å². The molecule has 7 heteroatoms. The molecule has 0 bridgehead atoms. The Balaban J connectivity index is 1.62. The van der Waals surface area contributed by atoms with Gasteiger partial charge >= 0.3 is 0 Å². The second-order valence-electron chi connectivity index (χ2n) is 5.14. The van der Waals surface area contributed by atoms with Gasteiger partial charge in [-0.1, -0.05) is 18.2 Å². The Bertz CT molecular complexity index is 634. The van der Waals surface area contributed by atoms with Crippen LogP contribution in [0.25, 0.3) is 0 Å². The first-order valence-corrected chi connectivity index (χ1v) is 8.25. The molecular formula is C15H17FN4OS. The molecule has 0 spiro atoms. The number of aromatic nitrogens is 3. The van der Waals surface area contributed by atoms with E-state index in [1.54, 1.807) is 17.8 Å². The van der Waals surface area contributed by atoms with Crippen LogP contribution in [0.3, 0.4) is 0 Å². The average Bonchev–Trinajstić information content (AvgIpc) is 2.90. The number of amides is 1. The Morgan fingerprint density at radius 3 is 3.00 bits per heavy atom. The van der Waals surface area contributed by atoms with Crippen LogP contribution < -0.4 is 0 Å². The van der Waals surface area contributed by atoms with Gasteiger partial charge in [-0.05, 0) is 12.5 Å². The van der Waals surface area contributed by atoms with Crippen molar-refractivity contribution in [2.24, 2.45) is 0 Å². The van der Waals surface area contributed by atoms with Crippen LogP contribution in [0.15, 0.2) is 36.9 Å². The molecule has 1 aromatic carbocycles. The number of carbonyl (C=O) groups is 1. The van der Waals surface area contributed by atoms with E-state index >= 15 is 0 Å². The van der Waals surface area contributed by atoms with Gasteiger partial charge in [0.05, 0.1) is 0 Å². The summed E-state index contributed by atoms with van der Waals surface area (Å²) >= 11 is 1.71. The van der Waals surface area contributed by atoms with Crippen molar-refractivity contribution in [3.63, 3.8) is 0 Å². The van der Waals surface area contributed by atoms with Crippen molar-refractivity contribution in [2.45, 2.75) is 18.2 Å². The number of rotatable bonds is 3. The van der Waals surface area contributed by atoms with E-state index in [1.807, 2.05) is 17.0 Å². The maximum atomic E-state index is 13.9. The lowest BCUT2D eigenvalue weighted by Crippen LogP contribution is -2.35. The Labute approximate surface area is 132 Å². The predicted octanol–water partition coefficient (Wildman–Crippen LogP) is 2.12. The standard InChI is InChI=1S/C15H17FN4OS/c16-13-4-2-1-3-12(13)14-5-6-19(7-8-22-14)15(21)9-20-11-17-10-18-20/h1-4,10-11,14H,5-9H2/t14-/m0/s1. The van der Waals surface area contributed by atoms with E-state index in [0.29, 0.717) is 13.1 Å².